The number of nitrogens with zero attached hydrogens (tertiary/aromatic N) is 1. The predicted molar refractivity (Wildman–Crippen MR) is 68.9 cm³/mol. The Labute approximate surface area is 104 Å². The molecule has 0 saturated carbocycles. The van der Waals surface area contributed by atoms with Gasteiger partial charge < -0.3 is 4.84 Å². The van der Waals surface area contributed by atoms with Crippen molar-refractivity contribution in [2.75, 3.05) is 13.7 Å². The van der Waals surface area contributed by atoms with Gasteiger partial charge in [-0.2, -0.15) is 5.06 Å². The first kappa shape index (κ1) is 11.2. The first-order chi connectivity index (χ1) is 8.40. The fraction of sp³-hybridized carbons (Fsp3) is 0.600. The quantitative estimate of drug-likeness (QED) is 0.775. The maximum Gasteiger partial charge on any atom is 0.0575 e. The van der Waals surface area contributed by atoms with Crippen LogP contribution in [0.5, 0.6) is 0 Å². The van der Waals surface area contributed by atoms with Gasteiger partial charge in [-0.1, -0.05) is 30.7 Å². The van der Waals surface area contributed by atoms with Crippen LogP contribution in [0.4, 0.5) is 0 Å². The lowest BCUT2D eigenvalue weighted by Crippen LogP contribution is -2.41. The summed E-state index contributed by atoms with van der Waals surface area (Å²) in [4.78, 5) is 5.56. The van der Waals surface area contributed by atoms with Gasteiger partial charge >= 0.3 is 0 Å². The van der Waals surface area contributed by atoms with Crippen molar-refractivity contribution in [1.29, 1.82) is 0 Å². The molecule has 2 unspecified atom stereocenters. The van der Waals surface area contributed by atoms with Crippen LogP contribution < -0.4 is 0 Å². The minimum Gasteiger partial charge on any atom is -0.302 e. The van der Waals surface area contributed by atoms with E-state index in [9.17, 15) is 0 Å². The van der Waals surface area contributed by atoms with Crippen molar-refractivity contribution in [3.05, 3.63) is 35.4 Å². The number of benzene rings is 1. The van der Waals surface area contributed by atoms with E-state index in [0.29, 0.717) is 12.0 Å². The van der Waals surface area contributed by atoms with Crippen LogP contribution in [0.1, 0.15) is 42.7 Å². The Morgan fingerprint density at radius 3 is 2.94 bits per heavy atom. The summed E-state index contributed by atoms with van der Waals surface area (Å²) in [6.07, 6.45) is 6.45. The predicted octanol–water partition coefficient (Wildman–Crippen LogP) is 3.13. The smallest absolute Gasteiger partial charge is 0.0575 e. The van der Waals surface area contributed by atoms with Crippen LogP contribution >= 0.6 is 0 Å². The summed E-state index contributed by atoms with van der Waals surface area (Å²) in [5.74, 6) is 0.687. The highest BCUT2D eigenvalue weighted by molar-refractivity contribution is 5.36. The van der Waals surface area contributed by atoms with E-state index in [1.165, 1.54) is 32.1 Å². The summed E-state index contributed by atoms with van der Waals surface area (Å²) in [5, 5.41) is 2.22. The maximum atomic E-state index is 5.56. The zero-order valence-electron chi connectivity index (χ0n) is 10.6. The zero-order valence-corrected chi connectivity index (χ0v) is 10.6. The molecule has 0 radical (unpaired) electrons. The van der Waals surface area contributed by atoms with E-state index >= 15 is 0 Å². The number of rotatable bonds is 2. The Kier molecular flexibility index (Phi) is 3.17. The first-order valence-corrected chi connectivity index (χ1v) is 6.78. The maximum absolute atomic E-state index is 5.56. The minimum atomic E-state index is 0.595. The van der Waals surface area contributed by atoms with E-state index in [1.807, 2.05) is 7.11 Å². The van der Waals surface area contributed by atoms with Crippen LogP contribution in [0.15, 0.2) is 24.3 Å². The first-order valence-electron chi connectivity index (χ1n) is 6.78. The third kappa shape index (κ3) is 2.00. The molecule has 2 aliphatic rings. The summed E-state index contributed by atoms with van der Waals surface area (Å²) in [7, 11) is 1.82. The highest BCUT2D eigenvalue weighted by Crippen LogP contribution is 2.40. The number of hydrogen-bond acceptors (Lipinski definition) is 2. The lowest BCUT2D eigenvalue weighted by atomic mass is 9.87. The second-order valence-corrected chi connectivity index (χ2v) is 5.23. The van der Waals surface area contributed by atoms with Gasteiger partial charge in [0.05, 0.1) is 7.11 Å². The molecule has 1 aromatic rings. The van der Waals surface area contributed by atoms with E-state index in [4.69, 9.17) is 4.84 Å². The normalized spacial score (nSPS) is 29.2. The van der Waals surface area contributed by atoms with Crippen LogP contribution in [-0.2, 0) is 11.3 Å². The lowest BCUT2D eigenvalue weighted by molar-refractivity contribution is -0.179. The fourth-order valence-corrected chi connectivity index (χ4v) is 3.55. The van der Waals surface area contributed by atoms with Gasteiger partial charge in [-0.25, -0.2) is 0 Å². The number of fused-ring (bicyclic) bond motifs is 1. The van der Waals surface area contributed by atoms with Gasteiger partial charge in [-0.05, 0) is 36.8 Å². The molecule has 1 aliphatic carbocycles. The Bertz CT molecular complexity index is 390. The van der Waals surface area contributed by atoms with Gasteiger partial charge in [0.15, 0.2) is 0 Å². The highest BCUT2D eigenvalue weighted by Gasteiger charge is 2.34. The molecular formula is C15H21NO. The van der Waals surface area contributed by atoms with Crippen LogP contribution in [-0.4, -0.2) is 24.8 Å². The Morgan fingerprint density at radius 1 is 1.18 bits per heavy atom. The molecule has 0 N–H and O–H groups in total. The molecule has 0 aromatic heterocycles. The molecule has 0 amide bonds. The van der Waals surface area contributed by atoms with Crippen molar-refractivity contribution in [3.8, 4) is 0 Å². The number of hydroxylamine groups is 2. The molecular weight excluding hydrogens is 210 g/mol. The molecule has 1 heterocycles. The fourth-order valence-electron chi connectivity index (χ4n) is 3.55. The van der Waals surface area contributed by atoms with Crippen molar-refractivity contribution >= 4 is 0 Å². The molecule has 2 nitrogen and oxygen atoms in total. The molecule has 2 heteroatoms. The zero-order chi connectivity index (χ0) is 11.7. The SMILES string of the molecule is CON1CCCCC1C1CCc2ccccc21. The van der Waals surface area contributed by atoms with Gasteiger partial charge in [-0.15, -0.1) is 0 Å². The van der Waals surface area contributed by atoms with E-state index in [2.05, 4.69) is 29.3 Å². The monoisotopic (exact) mass is 231 g/mol. The van der Waals surface area contributed by atoms with Gasteiger partial charge in [0, 0.05) is 18.5 Å². The van der Waals surface area contributed by atoms with Gasteiger partial charge in [0.25, 0.3) is 0 Å². The van der Waals surface area contributed by atoms with E-state index in [1.54, 1.807) is 11.1 Å². The molecule has 17 heavy (non-hydrogen) atoms. The molecule has 0 spiro atoms. The number of hydrogen-bond donors (Lipinski definition) is 0. The Balaban J connectivity index is 1.85. The molecule has 1 saturated heterocycles. The van der Waals surface area contributed by atoms with E-state index in [-0.39, 0.29) is 0 Å². The minimum absolute atomic E-state index is 0.595. The lowest BCUT2D eigenvalue weighted by Gasteiger charge is -2.37. The molecule has 1 aliphatic heterocycles. The van der Waals surface area contributed by atoms with Crippen LogP contribution in [0, 0.1) is 0 Å². The van der Waals surface area contributed by atoms with Gasteiger partial charge in [0.2, 0.25) is 0 Å². The van der Waals surface area contributed by atoms with Gasteiger partial charge in [0.1, 0.15) is 0 Å². The van der Waals surface area contributed by atoms with E-state index in [0.717, 1.165) is 6.54 Å². The van der Waals surface area contributed by atoms with E-state index < -0.39 is 0 Å². The highest BCUT2D eigenvalue weighted by atomic mass is 16.7. The third-order valence-corrected chi connectivity index (χ3v) is 4.38. The number of piperidine rings is 1. The summed E-state index contributed by atoms with van der Waals surface area (Å²) in [5.41, 5.74) is 3.13. The molecule has 1 fully saturated rings. The summed E-state index contributed by atoms with van der Waals surface area (Å²) in [6, 6.07) is 9.54. The molecule has 2 atom stereocenters. The standard InChI is InChI=1S/C15H21NO/c1-17-16-11-5-4-8-15(16)14-10-9-12-6-2-3-7-13(12)14/h2-3,6-7,14-15H,4-5,8-11H2,1H3. The summed E-state index contributed by atoms with van der Waals surface area (Å²) >= 11 is 0. The molecule has 92 valence electrons. The van der Waals surface area contributed by atoms with Crippen molar-refractivity contribution in [1.82, 2.24) is 5.06 Å². The molecule has 0 bridgehead atoms. The Morgan fingerprint density at radius 2 is 2.06 bits per heavy atom. The third-order valence-electron chi connectivity index (χ3n) is 4.38. The largest absolute Gasteiger partial charge is 0.302 e. The average Bonchev–Trinajstić information content (AvgIpc) is 2.82. The van der Waals surface area contributed by atoms with Crippen molar-refractivity contribution in [2.24, 2.45) is 0 Å². The van der Waals surface area contributed by atoms with Crippen molar-refractivity contribution in [3.63, 3.8) is 0 Å². The number of aryl methyl sites for hydroxylation is 1. The molecule has 1 aromatic carbocycles. The van der Waals surface area contributed by atoms with Crippen LogP contribution in [0.2, 0.25) is 0 Å². The van der Waals surface area contributed by atoms with Gasteiger partial charge in [-0.3, -0.25) is 0 Å². The molecule has 3 rings (SSSR count). The second kappa shape index (κ2) is 4.79. The second-order valence-electron chi connectivity index (χ2n) is 5.23. The Hall–Kier alpha value is -0.860. The van der Waals surface area contributed by atoms with Crippen molar-refractivity contribution < 1.29 is 4.84 Å². The van der Waals surface area contributed by atoms with Crippen LogP contribution in [0.25, 0.3) is 0 Å². The average molecular weight is 231 g/mol. The van der Waals surface area contributed by atoms with Crippen LogP contribution in [0.3, 0.4) is 0 Å². The van der Waals surface area contributed by atoms with Crippen molar-refractivity contribution in [2.45, 2.75) is 44.1 Å². The topological polar surface area (TPSA) is 12.5 Å². The summed E-state index contributed by atoms with van der Waals surface area (Å²) < 4.78 is 0. The summed E-state index contributed by atoms with van der Waals surface area (Å²) in [6.45, 7) is 1.10.